The first-order chi connectivity index (χ1) is 17.0. The fourth-order valence-electron chi connectivity index (χ4n) is 3.70. The van der Waals surface area contributed by atoms with Crippen LogP contribution in [0, 0.1) is 0 Å². The Labute approximate surface area is 243 Å². The fourth-order valence-corrected chi connectivity index (χ4v) is 6.57. The van der Waals surface area contributed by atoms with E-state index in [1.807, 2.05) is 42.1 Å². The van der Waals surface area contributed by atoms with Gasteiger partial charge in [-0.15, -0.1) is 11.3 Å². The molecule has 0 saturated carbocycles. The Kier molecular flexibility index (Phi) is 11.3. The number of hydrogen-bond donors (Lipinski definition) is 0. The molecule has 0 saturated heterocycles. The van der Waals surface area contributed by atoms with Crippen LogP contribution in [0.15, 0.2) is 101 Å². The normalized spacial score (nSPS) is 11.0. The zero-order valence-electron chi connectivity index (χ0n) is 20.2. The molecule has 36 heavy (non-hydrogen) atoms. The summed E-state index contributed by atoms with van der Waals surface area (Å²) >= 11 is 2.98. The van der Waals surface area contributed by atoms with Crippen LogP contribution in [0.3, 0.4) is 0 Å². The zero-order chi connectivity index (χ0) is 24.5. The first-order valence-corrected chi connectivity index (χ1v) is 14.8. The molecule has 4 nitrogen and oxygen atoms in total. The third kappa shape index (κ3) is 8.33. The number of aryl methyl sites for hydroxylation is 2. The van der Waals surface area contributed by atoms with Gasteiger partial charge in [-0.05, 0) is 64.3 Å². The summed E-state index contributed by atoms with van der Waals surface area (Å²) in [5, 5.41) is 1.65. The molecule has 0 radical (unpaired) electrons. The molecular weight excluding hydrogens is 518 g/mol. The number of hydrogen-bond acceptors (Lipinski definition) is 5. The summed E-state index contributed by atoms with van der Waals surface area (Å²) in [5.41, 5.74) is 5.76. The zero-order valence-corrected chi connectivity index (χ0v) is 24.6. The smallest absolute Gasteiger partial charge is 0.541 e. The minimum Gasteiger partial charge on any atom is -0.541 e. The Morgan fingerprint density at radius 3 is 2.25 bits per heavy atom. The molecule has 0 N–H and O–H groups in total. The van der Waals surface area contributed by atoms with Gasteiger partial charge in [-0.1, -0.05) is 84.9 Å². The Bertz CT molecular complexity index is 1340. The second-order valence-electron chi connectivity index (χ2n) is 8.03. The van der Waals surface area contributed by atoms with E-state index in [0.29, 0.717) is 6.42 Å². The second-order valence-corrected chi connectivity index (χ2v) is 11.9. The van der Waals surface area contributed by atoms with Crippen molar-refractivity contribution in [3.8, 4) is 11.1 Å². The summed E-state index contributed by atoms with van der Waals surface area (Å²) < 4.78 is 28.0. The minimum absolute atomic E-state index is 0. The van der Waals surface area contributed by atoms with E-state index in [-0.39, 0.29) is 40.2 Å². The number of thioether (sulfide) groups is 1. The third-order valence-corrected chi connectivity index (χ3v) is 9.21. The Morgan fingerprint density at radius 1 is 0.806 bits per heavy atom. The van der Waals surface area contributed by atoms with Gasteiger partial charge in [0.05, 0.1) is 5.91 Å². The summed E-state index contributed by atoms with van der Waals surface area (Å²) in [6.07, 6.45) is 1.53. The summed E-state index contributed by atoms with van der Waals surface area (Å²) in [6, 6.07) is 30.0. The van der Waals surface area contributed by atoms with Gasteiger partial charge in [0.1, 0.15) is 14.2 Å². The van der Waals surface area contributed by atoms with Crippen LogP contribution in [0.4, 0.5) is 0 Å². The van der Waals surface area contributed by atoms with E-state index in [1.54, 1.807) is 11.4 Å². The SMILES string of the molecule is O=C(CCc1ccccc1-c1ccc(CSCCc2ccccc2)cc1)[N-]S(=O)(=O)c1cccs1.[Na+]. The summed E-state index contributed by atoms with van der Waals surface area (Å²) in [6.45, 7) is 0. The molecule has 0 fully saturated rings. The van der Waals surface area contributed by atoms with Crippen molar-refractivity contribution in [1.82, 2.24) is 0 Å². The van der Waals surface area contributed by atoms with Crippen molar-refractivity contribution in [2.24, 2.45) is 0 Å². The van der Waals surface area contributed by atoms with E-state index in [4.69, 9.17) is 0 Å². The molecule has 4 rings (SSSR count). The van der Waals surface area contributed by atoms with Gasteiger partial charge in [0.25, 0.3) is 0 Å². The Morgan fingerprint density at radius 2 is 1.53 bits per heavy atom. The van der Waals surface area contributed by atoms with E-state index >= 15 is 0 Å². The molecule has 3 aromatic carbocycles. The predicted octanol–water partition coefficient (Wildman–Crippen LogP) is 4.12. The van der Waals surface area contributed by atoms with Crippen LogP contribution < -0.4 is 29.6 Å². The topological polar surface area (TPSA) is 65.3 Å². The molecule has 0 atom stereocenters. The number of rotatable bonds is 11. The molecular formula is C28H26NNaO3S3. The van der Waals surface area contributed by atoms with Gasteiger partial charge in [0.15, 0.2) is 0 Å². The van der Waals surface area contributed by atoms with Gasteiger partial charge >= 0.3 is 29.6 Å². The Hall–Kier alpha value is -1.87. The van der Waals surface area contributed by atoms with E-state index in [0.717, 1.165) is 46.0 Å². The molecule has 0 spiro atoms. The van der Waals surface area contributed by atoms with Crippen molar-refractivity contribution >= 4 is 39.0 Å². The molecule has 0 aliphatic heterocycles. The molecule has 0 aliphatic rings. The number of carbonyl (C=O) groups excluding carboxylic acids is 1. The van der Waals surface area contributed by atoms with E-state index in [2.05, 4.69) is 53.3 Å². The Balaban J connectivity index is 0.00000361. The molecule has 180 valence electrons. The van der Waals surface area contributed by atoms with Gasteiger partial charge in [-0.3, -0.25) is 0 Å². The number of thiophene rings is 1. The predicted molar refractivity (Wildman–Crippen MR) is 146 cm³/mol. The monoisotopic (exact) mass is 543 g/mol. The molecule has 8 heteroatoms. The summed E-state index contributed by atoms with van der Waals surface area (Å²) in [7, 11) is -3.92. The van der Waals surface area contributed by atoms with Crippen LogP contribution in [0.2, 0.25) is 0 Å². The molecule has 0 unspecified atom stereocenters. The van der Waals surface area contributed by atoms with Crippen LogP contribution >= 0.6 is 23.1 Å². The molecule has 4 aromatic rings. The van der Waals surface area contributed by atoms with Crippen molar-refractivity contribution in [2.45, 2.75) is 29.2 Å². The van der Waals surface area contributed by atoms with Gasteiger partial charge < -0.3 is 9.52 Å². The molecule has 0 aliphatic carbocycles. The summed E-state index contributed by atoms with van der Waals surface area (Å²) in [4.78, 5) is 12.3. The van der Waals surface area contributed by atoms with Gasteiger partial charge in [-0.2, -0.15) is 11.8 Å². The largest absolute Gasteiger partial charge is 1.00 e. The maximum Gasteiger partial charge on any atom is 1.00 e. The standard InChI is InChI=1S/C28H27NO3S3.Na/c30-27(29-35(31,32)28-11-6-19-34-28)17-16-24-9-4-5-10-26(24)25-14-12-23(13-15-25)21-33-20-18-22-7-2-1-3-8-22;/h1-15,19H,16-18,20-21H2,(H,29,30);/q;+1/p-1. The van der Waals surface area contributed by atoms with Gasteiger partial charge in [-0.25, -0.2) is 8.42 Å². The van der Waals surface area contributed by atoms with Crippen LogP contribution in [0.1, 0.15) is 23.1 Å². The van der Waals surface area contributed by atoms with Crippen molar-refractivity contribution in [1.29, 1.82) is 0 Å². The minimum atomic E-state index is -3.92. The van der Waals surface area contributed by atoms with Crippen molar-refractivity contribution in [3.05, 3.63) is 118 Å². The summed E-state index contributed by atoms with van der Waals surface area (Å²) in [5.74, 6) is 1.41. The maximum atomic E-state index is 12.3. The number of amides is 1. The van der Waals surface area contributed by atoms with Crippen LogP contribution in [-0.4, -0.2) is 20.1 Å². The molecule has 1 amide bonds. The quantitative estimate of drug-likeness (QED) is 0.211. The van der Waals surface area contributed by atoms with Crippen molar-refractivity contribution in [3.63, 3.8) is 0 Å². The molecule has 1 aromatic heterocycles. The fraction of sp³-hybridized carbons (Fsp3) is 0.179. The van der Waals surface area contributed by atoms with E-state index < -0.39 is 15.9 Å². The first kappa shape index (κ1) is 28.7. The second kappa shape index (κ2) is 14.2. The van der Waals surface area contributed by atoms with E-state index in [1.165, 1.54) is 17.2 Å². The average molecular weight is 544 g/mol. The van der Waals surface area contributed by atoms with Crippen LogP contribution in [-0.2, 0) is 33.4 Å². The third-order valence-electron chi connectivity index (χ3n) is 5.51. The van der Waals surface area contributed by atoms with Crippen LogP contribution in [0.25, 0.3) is 15.8 Å². The van der Waals surface area contributed by atoms with Crippen molar-refractivity contribution < 1.29 is 42.8 Å². The maximum absolute atomic E-state index is 12.3. The van der Waals surface area contributed by atoms with Gasteiger partial charge in [0.2, 0.25) is 0 Å². The number of benzene rings is 3. The number of sulfonamides is 1. The first-order valence-electron chi connectivity index (χ1n) is 11.3. The van der Waals surface area contributed by atoms with Gasteiger partial charge in [0, 0.05) is 5.75 Å². The number of carbonyl (C=O) groups is 1. The van der Waals surface area contributed by atoms with Crippen molar-refractivity contribution in [2.75, 3.05) is 5.75 Å². The molecule has 1 heterocycles. The average Bonchev–Trinajstić information content (AvgIpc) is 3.43. The number of nitrogens with zero attached hydrogens (tertiary/aromatic N) is 1. The molecule has 0 bridgehead atoms. The van der Waals surface area contributed by atoms with E-state index in [9.17, 15) is 13.2 Å². The van der Waals surface area contributed by atoms with Crippen LogP contribution in [0.5, 0.6) is 0 Å².